The third-order valence-corrected chi connectivity index (χ3v) is 16.8. The molecule has 0 radical (unpaired) electrons. The minimum absolute atomic E-state index is 0.228. The average molecular weight is 1190 g/mol. The lowest BCUT2D eigenvalue weighted by atomic mass is 9.95. The predicted molar refractivity (Wildman–Crippen MR) is 322 cm³/mol. The van der Waals surface area contributed by atoms with Crippen LogP contribution in [0.4, 0.5) is 0 Å². The first-order valence-corrected chi connectivity index (χ1v) is 35.0. The molecular weight excluding hydrogens is 1070 g/mol. The number of esters is 1. The van der Waals surface area contributed by atoms with E-state index < -0.39 is 106 Å². The Labute approximate surface area is 496 Å². The van der Waals surface area contributed by atoms with Crippen molar-refractivity contribution in [1.29, 1.82) is 0 Å². The molecule has 0 aromatic heterocycles. The highest BCUT2D eigenvalue weighted by molar-refractivity contribution is 7.51. The van der Waals surface area contributed by atoms with E-state index in [0.717, 1.165) is 89.1 Å². The number of carbonyl (C=O) groups excluding carboxylic acids is 3. The van der Waals surface area contributed by atoms with Gasteiger partial charge in [0, 0.05) is 13.1 Å². The van der Waals surface area contributed by atoms with Crippen LogP contribution in [0.25, 0.3) is 0 Å². The van der Waals surface area contributed by atoms with Crippen molar-refractivity contribution < 1.29 is 78.0 Å². The molecular formula is C63H121N2O16P. The van der Waals surface area contributed by atoms with Crippen LogP contribution in [0, 0.1) is 11.8 Å². The zero-order valence-corrected chi connectivity index (χ0v) is 53.0. The Bertz CT molecular complexity index is 1660. The highest BCUT2D eigenvalue weighted by Gasteiger charge is 2.50. The Balaban J connectivity index is 2.03. The summed E-state index contributed by atoms with van der Waals surface area (Å²) in [7, 11) is -4.36. The van der Waals surface area contributed by atoms with Gasteiger partial charge in [-0.2, -0.15) is 0 Å². The molecule has 2 rings (SSSR count). The van der Waals surface area contributed by atoms with Crippen molar-refractivity contribution in [3.63, 3.8) is 0 Å². The third kappa shape index (κ3) is 36.4. The molecule has 484 valence electrons. The number of aliphatic hydroxyl groups excluding tert-OH is 6. The van der Waals surface area contributed by atoms with Gasteiger partial charge < -0.3 is 65.1 Å². The van der Waals surface area contributed by atoms with E-state index in [4.69, 9.17) is 23.5 Å². The monoisotopic (exact) mass is 1190 g/mol. The first-order chi connectivity index (χ1) is 39.3. The normalized spacial score (nSPS) is 24.6. The maximum Gasteiger partial charge on any atom is 0.327 e. The molecule has 2 heterocycles. The second kappa shape index (κ2) is 46.4. The number of unbranched alkanes of at least 4 members (excludes halogenated alkanes) is 28. The lowest BCUT2D eigenvalue weighted by Crippen LogP contribution is -2.66. The lowest BCUT2D eigenvalue weighted by molar-refractivity contribution is -0.295. The summed E-state index contributed by atoms with van der Waals surface area (Å²) in [6.45, 7) is 10.7. The molecule has 7 unspecified atom stereocenters. The quantitative estimate of drug-likeness (QED) is 0.0156. The maximum absolute atomic E-state index is 13.9. The molecule has 2 saturated heterocycles. The van der Waals surface area contributed by atoms with Gasteiger partial charge in [-0.05, 0) is 37.5 Å². The van der Waals surface area contributed by atoms with Crippen LogP contribution in [0.15, 0.2) is 0 Å². The van der Waals surface area contributed by atoms with Crippen LogP contribution < -0.4 is 10.6 Å². The summed E-state index contributed by atoms with van der Waals surface area (Å²) in [5.74, 6) is -0.265. The van der Waals surface area contributed by atoms with Gasteiger partial charge in [-0.15, -0.1) is 0 Å². The van der Waals surface area contributed by atoms with E-state index in [1.54, 1.807) is 0 Å². The van der Waals surface area contributed by atoms with Gasteiger partial charge in [0.05, 0.1) is 32.2 Å². The highest BCUT2D eigenvalue weighted by atomic mass is 31.2. The van der Waals surface area contributed by atoms with Gasteiger partial charge in [0.1, 0.15) is 54.8 Å². The Hall–Kier alpha value is -1.80. The van der Waals surface area contributed by atoms with Crippen LogP contribution in [-0.4, -0.2) is 147 Å². The smallest absolute Gasteiger partial charge is 0.327 e. The number of nitrogens with one attached hydrogen (secondary N) is 2. The van der Waals surface area contributed by atoms with E-state index in [1.165, 1.54) is 128 Å². The summed E-state index contributed by atoms with van der Waals surface area (Å²) in [5, 5.41) is 70.9. The minimum Gasteiger partial charge on any atom is -0.462 e. The summed E-state index contributed by atoms with van der Waals surface area (Å²) in [5.41, 5.74) is 0. The van der Waals surface area contributed by atoms with Crippen molar-refractivity contribution in [3.8, 4) is 0 Å². The fraction of sp³-hybridized carbons (Fsp3) is 0.952. The molecule has 2 aliphatic heterocycles. The van der Waals surface area contributed by atoms with E-state index >= 15 is 0 Å². The van der Waals surface area contributed by atoms with Gasteiger partial charge in [-0.3, -0.25) is 23.5 Å². The van der Waals surface area contributed by atoms with Crippen LogP contribution in [0.3, 0.4) is 0 Å². The maximum atomic E-state index is 13.9. The third-order valence-electron chi connectivity index (χ3n) is 16.2. The Morgan fingerprint density at radius 1 is 0.512 bits per heavy atom. The molecule has 0 bridgehead atoms. The molecule has 13 atom stereocenters. The molecule has 2 fully saturated rings. The largest absolute Gasteiger partial charge is 0.462 e. The van der Waals surface area contributed by atoms with E-state index in [-0.39, 0.29) is 25.2 Å². The zero-order valence-electron chi connectivity index (χ0n) is 52.1. The number of hydrogen-bond acceptors (Lipinski definition) is 15. The van der Waals surface area contributed by atoms with E-state index in [2.05, 4.69) is 45.3 Å². The second-order valence-electron chi connectivity index (χ2n) is 25.1. The fourth-order valence-corrected chi connectivity index (χ4v) is 11.7. The van der Waals surface area contributed by atoms with E-state index in [9.17, 15) is 54.5 Å². The highest BCUT2D eigenvalue weighted by Crippen LogP contribution is 2.41. The molecule has 0 aliphatic carbocycles. The number of carbonyl (C=O) groups is 3. The summed E-state index contributed by atoms with van der Waals surface area (Å²) in [4.78, 5) is 50.6. The summed E-state index contributed by atoms with van der Waals surface area (Å²) in [6, 6.07) is -3.02. The van der Waals surface area contributed by atoms with Crippen molar-refractivity contribution in [1.82, 2.24) is 10.6 Å². The van der Waals surface area contributed by atoms with Crippen molar-refractivity contribution in [2.24, 2.45) is 11.8 Å². The molecule has 19 heteroatoms. The van der Waals surface area contributed by atoms with Crippen LogP contribution in [-0.2, 0) is 42.4 Å². The zero-order chi connectivity index (χ0) is 60.5. The first-order valence-electron chi connectivity index (χ1n) is 33.0. The summed E-state index contributed by atoms with van der Waals surface area (Å²) >= 11 is 0. The van der Waals surface area contributed by atoms with Gasteiger partial charge in [0.25, 0.3) is 0 Å². The molecule has 18 nitrogen and oxygen atoms in total. The van der Waals surface area contributed by atoms with Crippen LogP contribution in [0.5, 0.6) is 0 Å². The van der Waals surface area contributed by atoms with Crippen molar-refractivity contribution in [3.05, 3.63) is 0 Å². The van der Waals surface area contributed by atoms with Crippen molar-refractivity contribution in [2.45, 2.75) is 352 Å². The molecule has 2 aliphatic rings. The van der Waals surface area contributed by atoms with Crippen LogP contribution >= 0.6 is 7.60 Å². The van der Waals surface area contributed by atoms with Crippen molar-refractivity contribution >= 4 is 25.4 Å². The van der Waals surface area contributed by atoms with Gasteiger partial charge in [-0.25, -0.2) is 0 Å². The van der Waals surface area contributed by atoms with Gasteiger partial charge in [0.2, 0.25) is 11.8 Å². The van der Waals surface area contributed by atoms with Gasteiger partial charge in [0.15, 0.2) is 12.6 Å². The Morgan fingerprint density at radius 2 is 0.890 bits per heavy atom. The second-order valence-corrected chi connectivity index (χ2v) is 26.9. The summed E-state index contributed by atoms with van der Waals surface area (Å²) in [6.07, 6.45) is 23.0. The number of hydrogen-bond donors (Lipinski definition) is 9. The first kappa shape index (κ1) is 76.3. The average Bonchev–Trinajstić information content (AvgIpc) is 3.47. The molecule has 0 spiro atoms. The number of amides is 2. The molecule has 82 heavy (non-hydrogen) atoms. The topological polar surface area (TPSA) is 280 Å². The van der Waals surface area contributed by atoms with E-state index in [1.807, 2.05) is 0 Å². The van der Waals surface area contributed by atoms with Gasteiger partial charge >= 0.3 is 13.6 Å². The molecule has 2 amide bonds. The minimum atomic E-state index is -4.36. The Kier molecular flexibility index (Phi) is 43.1. The summed E-state index contributed by atoms with van der Waals surface area (Å²) < 4.78 is 41.5. The molecule has 0 aromatic rings. The SMILES string of the molecule is CCCCCCCCCCCCCCCC(=O)OC(CCCCCCCCCCCC(C)C)CC(=O)NC1[C@H](OCC2O[C@H](OP(C)(=O)O)C(NC(=O)CC(O)CCCCCCCCCCCC(C)C)[C@@H](O)[C@@H]2O)OC(CO)[C@@H](O)[C@@H]1O. The standard InChI is InChI=1S/C63H121N2O16P/c1-7-8-9-10-11-12-13-14-15-22-27-32-37-42-55(70)78-50(41-36-31-26-21-17-19-24-29-34-39-48(4)5)44-54(69)65-56-60(73)58(71)51(45-66)79-62(56)77-46-52-59(72)61(74)57(63(80-52)81-82(6,75)76)64-53(68)43-49(67)40-35-30-25-20-16-18-23-28-33-38-47(2)3/h47-52,56-63,66-67,71-74H,7-46H2,1-6H3,(H,64,68)(H,65,69)(H,75,76)/t49?,50?,51?,52?,56?,57?,58-,59-,60-,61-,62-,63-/m1/s1. The van der Waals surface area contributed by atoms with Crippen LogP contribution in [0.2, 0.25) is 0 Å². The van der Waals surface area contributed by atoms with Crippen molar-refractivity contribution in [2.75, 3.05) is 19.9 Å². The molecule has 9 N–H and O–H groups in total. The van der Waals surface area contributed by atoms with Crippen LogP contribution in [0.1, 0.15) is 279 Å². The molecule has 0 aromatic carbocycles. The fourth-order valence-electron chi connectivity index (χ4n) is 11.2. The molecule has 0 saturated carbocycles. The van der Waals surface area contributed by atoms with E-state index in [0.29, 0.717) is 25.7 Å². The number of aliphatic hydroxyl groups is 6. The van der Waals surface area contributed by atoms with Gasteiger partial charge in [-0.1, -0.05) is 234 Å². The Morgan fingerprint density at radius 3 is 1.33 bits per heavy atom. The number of rotatable bonds is 51. The predicted octanol–water partition coefficient (Wildman–Crippen LogP) is 11.1. The number of ether oxygens (including phenoxy) is 4. The lowest BCUT2D eigenvalue weighted by Gasteiger charge is -2.45.